The predicted octanol–water partition coefficient (Wildman–Crippen LogP) is 42.2. The van der Waals surface area contributed by atoms with Crippen molar-refractivity contribution in [3.05, 3.63) is 239 Å². The maximum atomic E-state index is 2.73. The quantitative estimate of drug-likeness (QED) is 0.0204. The van der Waals surface area contributed by atoms with Gasteiger partial charge in [0.25, 0.3) is 0 Å². The van der Waals surface area contributed by atoms with Crippen LogP contribution in [-0.4, -0.2) is 0 Å². The summed E-state index contributed by atoms with van der Waals surface area (Å²) < 4.78 is 0. The van der Waals surface area contributed by atoms with E-state index in [1.165, 1.54) is 465 Å². The average molecular weight is 1770 g/mol. The van der Waals surface area contributed by atoms with Gasteiger partial charge in [-0.2, -0.15) is 0 Å². The zero-order valence-corrected chi connectivity index (χ0v) is 82.8. The Hall–Kier alpha value is -11.4. The minimum atomic E-state index is 1.06. The van der Waals surface area contributed by atoms with E-state index in [4.69, 9.17) is 0 Å². The molecule has 0 heteroatoms. The molecular formula is C136H136. The van der Waals surface area contributed by atoms with Crippen LogP contribution in [0, 0.1) is 0 Å². The monoisotopic (exact) mass is 1770 g/mol. The van der Waals surface area contributed by atoms with Crippen LogP contribution in [0.2, 0.25) is 0 Å². The molecule has 0 radical (unpaired) electrons. The van der Waals surface area contributed by atoms with Crippen LogP contribution < -0.4 is 0 Å². The molecule has 46 rings (SSSR count). The summed E-state index contributed by atoms with van der Waals surface area (Å²) in [6.07, 6.45) is 47.8. The summed E-state index contributed by atoms with van der Waals surface area (Å²) in [6.45, 7) is 19.1. The third-order valence-electron chi connectivity index (χ3n) is 34.7. The number of aryl methyl sites for hydroxylation is 8. The molecule has 24 aromatic carbocycles. The smallest absolute Gasteiger partial charge is 0.00111 e. The molecule has 680 valence electrons. The zero-order chi connectivity index (χ0) is 91.2. The van der Waals surface area contributed by atoms with E-state index < -0.39 is 0 Å². The molecule has 0 saturated heterocycles. The third kappa shape index (κ3) is 13.6. The molecule has 22 aliphatic carbocycles. The van der Waals surface area contributed by atoms with E-state index in [2.05, 4.69) is 250 Å². The van der Waals surface area contributed by atoms with Crippen molar-refractivity contribution in [2.75, 3.05) is 0 Å². The Labute approximate surface area is 805 Å². The van der Waals surface area contributed by atoms with Crippen LogP contribution in [0.15, 0.2) is 194 Å². The minimum Gasteiger partial charge on any atom is -0.0654 e. The normalized spacial score (nSPS) is 13.0. The standard InChI is InChI=1S/C136H136/c1-9-17-25-33-41-97-105-57-49-82-66-91-75-114-98(42-34-26-18-10-2)106-58-50-81-65-89(73-113(97)121(81)130(106)129(105)122(82)114)90-67-83-51-59-108-100(44-36-28-20-12-4)117-77-93(69-85-52-60-107-99(43-35-27-19-11-3)115(74-90)123(83)131(108)132(107)125(85)117)94-71-87-55-63-112-104(48-40-32-24-16-8)120-80-96(72-88-56-64-111-103(47-39-31-23-15-7)119(78-94)127(87)135(112)136(111)128(88)120)95-70-86-54-62-109-101(45-37-29-21-13-5)116-76-92(91)68-84-53-61-110-102(46-38-30-22-14-6)118(79-95)126(86)134(109)133(110)124(84)116/h49-80H,9-48H2,1-8H3. The molecule has 0 fully saturated rings. The fourth-order valence-corrected chi connectivity index (χ4v) is 28.2. The zero-order valence-electron chi connectivity index (χ0n) is 82.8. The number of benzene rings is 24. The highest BCUT2D eigenvalue weighted by Gasteiger charge is 2.32. The molecule has 48 bridgehead atoms. The van der Waals surface area contributed by atoms with Gasteiger partial charge in [0.2, 0.25) is 0 Å². The average Bonchev–Trinajstić information content (AvgIpc) is 0.706. The predicted molar refractivity (Wildman–Crippen MR) is 604 cm³/mol. The summed E-state index contributed by atoms with van der Waals surface area (Å²) in [6, 6.07) is 84.8. The van der Waals surface area contributed by atoms with Gasteiger partial charge in [-0.15, -0.1) is 0 Å². The second kappa shape index (κ2) is 35.5. The Morgan fingerprint density at radius 3 is 0.338 bits per heavy atom. The molecule has 0 aromatic heterocycles. The lowest BCUT2D eigenvalue weighted by Gasteiger charge is -2.26. The number of hydrogen-bond acceptors (Lipinski definition) is 0. The Balaban J connectivity index is 0.805. The first-order valence-corrected chi connectivity index (χ1v) is 55.0. The number of unbranched alkanes of at least 4 members (excludes halogenated alkanes) is 24. The maximum absolute atomic E-state index is 2.73. The summed E-state index contributed by atoms with van der Waals surface area (Å²) in [5.41, 5.74) is 23.2. The number of hydrogen-bond donors (Lipinski definition) is 0. The van der Waals surface area contributed by atoms with Gasteiger partial charge in [-0.3, -0.25) is 0 Å². The SMILES string of the molecule is CCCCCCc1c2cc3cc4ccc5c(CCCCCC)c6cc(cc7ccc1c(c76)c5c42)-c1cc2ccc4c(CCCCCC)c5cc(cc6ccc7c(CCCCCC)c(c1)c2c4c7c65)-c1cc2ccc4c(CCCCCC)c5cc(cc6ccc7c(CCCCCC)c(c1)c2c4c7c65)-c1cc2ccc4c(CCCCCC)c5cc-3cc3ccc6c(CCCCCC)c(c1)c2c4c6c35. The summed E-state index contributed by atoms with van der Waals surface area (Å²) in [5.74, 6) is 0. The Morgan fingerprint density at radius 1 is 0.110 bits per heavy atom. The van der Waals surface area contributed by atoms with Crippen LogP contribution in [0.1, 0.15) is 305 Å². The van der Waals surface area contributed by atoms with E-state index in [9.17, 15) is 0 Å². The molecule has 24 aromatic rings. The molecule has 0 saturated carbocycles. The summed E-state index contributed by atoms with van der Waals surface area (Å²) in [5, 5.41) is 58.5. The van der Waals surface area contributed by atoms with E-state index in [1.807, 2.05) is 0 Å². The first-order chi connectivity index (χ1) is 67.2. The first kappa shape index (κ1) is 86.2. The van der Waals surface area contributed by atoms with E-state index in [0.717, 1.165) is 51.4 Å². The van der Waals surface area contributed by atoms with Crippen molar-refractivity contribution in [2.24, 2.45) is 0 Å². The molecule has 22 aliphatic rings. The van der Waals surface area contributed by atoms with Crippen molar-refractivity contribution in [3.8, 4) is 44.5 Å². The van der Waals surface area contributed by atoms with Crippen LogP contribution in [0.5, 0.6) is 0 Å². The Kier molecular flexibility index (Phi) is 22.5. The lowest BCUT2D eigenvalue weighted by molar-refractivity contribution is 0.669. The van der Waals surface area contributed by atoms with Crippen LogP contribution >= 0.6 is 0 Å². The molecule has 0 unspecified atom stereocenters. The van der Waals surface area contributed by atoms with Crippen LogP contribution in [-0.2, 0) is 51.4 Å². The van der Waals surface area contributed by atoms with Crippen molar-refractivity contribution in [3.63, 3.8) is 0 Å². The van der Waals surface area contributed by atoms with Crippen molar-refractivity contribution in [1.82, 2.24) is 0 Å². The van der Waals surface area contributed by atoms with Gasteiger partial charge in [0, 0.05) is 0 Å². The fraction of sp³-hybridized carbons (Fsp3) is 0.353. The summed E-state index contributed by atoms with van der Waals surface area (Å²) >= 11 is 0. The van der Waals surface area contributed by atoms with Crippen LogP contribution in [0.25, 0.3) is 260 Å². The summed E-state index contributed by atoms with van der Waals surface area (Å²) in [7, 11) is 0. The van der Waals surface area contributed by atoms with E-state index in [-0.39, 0.29) is 0 Å². The topological polar surface area (TPSA) is 0 Å². The van der Waals surface area contributed by atoms with E-state index in [0.29, 0.717) is 0 Å². The molecule has 0 nitrogen and oxygen atoms in total. The molecule has 0 spiro atoms. The van der Waals surface area contributed by atoms with Crippen LogP contribution in [0.3, 0.4) is 0 Å². The lowest BCUT2D eigenvalue weighted by Crippen LogP contribution is -2.01. The molecule has 0 atom stereocenters. The lowest BCUT2D eigenvalue weighted by atomic mass is 9.77. The molecule has 0 N–H and O–H groups in total. The highest BCUT2D eigenvalue weighted by atomic mass is 14.4. The molecular weight excluding hydrogens is 1630 g/mol. The van der Waals surface area contributed by atoms with Gasteiger partial charge >= 0.3 is 0 Å². The van der Waals surface area contributed by atoms with Gasteiger partial charge in [0.1, 0.15) is 0 Å². The third-order valence-corrected chi connectivity index (χ3v) is 34.7. The second-order valence-electron chi connectivity index (χ2n) is 43.2. The fourth-order valence-electron chi connectivity index (χ4n) is 28.2. The second-order valence-corrected chi connectivity index (χ2v) is 43.2. The summed E-state index contributed by atoms with van der Waals surface area (Å²) in [4.78, 5) is 0. The van der Waals surface area contributed by atoms with Crippen LogP contribution in [0.4, 0.5) is 0 Å². The molecule has 136 heavy (non-hydrogen) atoms. The highest BCUT2D eigenvalue weighted by molar-refractivity contribution is 6.44. The molecule has 0 amide bonds. The first-order valence-electron chi connectivity index (χ1n) is 55.0. The molecule has 0 heterocycles. The van der Waals surface area contributed by atoms with Gasteiger partial charge in [-0.25, -0.2) is 0 Å². The maximum Gasteiger partial charge on any atom is -0.00111 e. The molecule has 0 aliphatic heterocycles. The van der Waals surface area contributed by atoms with Gasteiger partial charge < -0.3 is 0 Å². The highest BCUT2D eigenvalue weighted by Crippen LogP contribution is 2.58. The van der Waals surface area contributed by atoms with Gasteiger partial charge in [-0.1, -0.05) is 307 Å². The number of rotatable bonds is 40. The largest absolute Gasteiger partial charge is 0.0654 e. The van der Waals surface area contributed by atoms with E-state index >= 15 is 0 Å². The van der Waals surface area contributed by atoms with Crippen molar-refractivity contribution >= 4 is 215 Å². The Morgan fingerprint density at radius 2 is 0.228 bits per heavy atom. The van der Waals surface area contributed by atoms with E-state index in [1.54, 1.807) is 44.5 Å². The van der Waals surface area contributed by atoms with Gasteiger partial charge in [0.05, 0.1) is 0 Å². The van der Waals surface area contributed by atoms with Crippen molar-refractivity contribution < 1.29 is 0 Å². The minimum absolute atomic E-state index is 1.06. The van der Waals surface area contributed by atoms with Gasteiger partial charge in [-0.05, 0) is 504 Å². The van der Waals surface area contributed by atoms with Crippen molar-refractivity contribution in [2.45, 2.75) is 312 Å². The Bertz CT molecular complexity index is 7170. The van der Waals surface area contributed by atoms with Crippen molar-refractivity contribution in [1.29, 1.82) is 0 Å². The van der Waals surface area contributed by atoms with Gasteiger partial charge in [0.15, 0.2) is 0 Å².